The van der Waals surface area contributed by atoms with Crippen molar-refractivity contribution in [1.82, 2.24) is 0 Å². The summed E-state index contributed by atoms with van der Waals surface area (Å²) in [7, 11) is 1.34. The molecule has 0 spiro atoms. The molecule has 0 aliphatic heterocycles. The fourth-order valence-electron chi connectivity index (χ4n) is 1.46. The van der Waals surface area contributed by atoms with Crippen LogP contribution in [0.5, 0.6) is 0 Å². The van der Waals surface area contributed by atoms with Crippen LogP contribution in [0.4, 0.5) is 0 Å². The number of hydrogen-bond acceptors (Lipinski definition) is 5. The van der Waals surface area contributed by atoms with Gasteiger partial charge in [-0.15, -0.1) is 0 Å². The summed E-state index contributed by atoms with van der Waals surface area (Å²) in [6.45, 7) is 0.438. The normalized spacial score (nSPS) is 13.2. The fraction of sp³-hybridized carbons (Fsp3) is 0.385. The summed E-state index contributed by atoms with van der Waals surface area (Å²) in [5.41, 5.74) is 7.26. The Bertz CT molecular complexity index is 407. The first-order chi connectivity index (χ1) is 8.69. The number of ether oxygens (including phenoxy) is 1. The van der Waals surface area contributed by atoms with Crippen molar-refractivity contribution in [2.75, 3.05) is 19.1 Å². The van der Waals surface area contributed by atoms with Crippen molar-refractivity contribution >= 4 is 23.4 Å². The van der Waals surface area contributed by atoms with Crippen LogP contribution in [0.2, 0.25) is 0 Å². The predicted molar refractivity (Wildman–Crippen MR) is 76.0 cm³/mol. The summed E-state index contributed by atoms with van der Waals surface area (Å²) in [4.78, 5) is 15.9. The lowest BCUT2D eigenvalue weighted by molar-refractivity contribution is -0.132. The molecule has 0 fully saturated rings. The van der Waals surface area contributed by atoms with Crippen LogP contribution in [-0.2, 0) is 16.1 Å². The van der Waals surface area contributed by atoms with Crippen molar-refractivity contribution < 1.29 is 9.53 Å². The zero-order valence-electron chi connectivity index (χ0n) is 10.6. The van der Waals surface area contributed by atoms with Crippen LogP contribution in [0.15, 0.2) is 35.3 Å². The molecular formula is C13H18N2O2S. The molecule has 0 bridgehead atoms. The van der Waals surface area contributed by atoms with Crippen molar-refractivity contribution in [3.63, 3.8) is 0 Å². The van der Waals surface area contributed by atoms with Gasteiger partial charge in [0.25, 0.3) is 0 Å². The molecule has 0 amide bonds. The van der Waals surface area contributed by atoms with E-state index in [1.54, 1.807) is 11.8 Å². The van der Waals surface area contributed by atoms with Gasteiger partial charge in [0.05, 0.1) is 19.7 Å². The van der Waals surface area contributed by atoms with Gasteiger partial charge < -0.3 is 10.5 Å². The van der Waals surface area contributed by atoms with Crippen LogP contribution in [-0.4, -0.2) is 36.8 Å². The number of benzene rings is 1. The van der Waals surface area contributed by atoms with Crippen LogP contribution in [0.25, 0.3) is 0 Å². The number of carbonyl (C=O) groups is 1. The molecule has 0 heterocycles. The maximum absolute atomic E-state index is 11.6. The average molecular weight is 266 g/mol. The van der Waals surface area contributed by atoms with Crippen molar-refractivity contribution in [2.45, 2.75) is 12.6 Å². The molecule has 18 heavy (non-hydrogen) atoms. The summed E-state index contributed by atoms with van der Waals surface area (Å²) in [6.07, 6.45) is 1.94. The zero-order chi connectivity index (χ0) is 13.4. The average Bonchev–Trinajstić information content (AvgIpc) is 2.40. The second kappa shape index (κ2) is 7.89. The first-order valence-corrected chi connectivity index (χ1v) is 6.99. The van der Waals surface area contributed by atoms with Crippen LogP contribution < -0.4 is 5.73 Å². The van der Waals surface area contributed by atoms with E-state index in [1.165, 1.54) is 7.11 Å². The van der Waals surface area contributed by atoms with Crippen LogP contribution in [0.1, 0.15) is 5.56 Å². The number of esters is 1. The number of hydrogen-bond donors (Lipinski definition) is 1. The number of aliphatic imine (C=N–C) groups is 1. The number of thioether (sulfide) groups is 1. The van der Waals surface area contributed by atoms with Crippen LogP contribution in [0, 0.1) is 0 Å². The van der Waals surface area contributed by atoms with Crippen molar-refractivity contribution in [2.24, 2.45) is 10.7 Å². The van der Waals surface area contributed by atoms with Gasteiger partial charge in [-0.2, -0.15) is 11.8 Å². The van der Waals surface area contributed by atoms with E-state index in [0.717, 1.165) is 5.56 Å². The lowest BCUT2D eigenvalue weighted by Gasteiger charge is -2.11. The highest BCUT2D eigenvalue weighted by Crippen LogP contribution is 2.04. The van der Waals surface area contributed by atoms with Gasteiger partial charge >= 0.3 is 5.97 Å². The Morgan fingerprint density at radius 2 is 2.11 bits per heavy atom. The Labute approximate surface area is 112 Å². The highest BCUT2D eigenvalue weighted by molar-refractivity contribution is 7.98. The Balaban J connectivity index is 2.79. The van der Waals surface area contributed by atoms with Crippen molar-refractivity contribution in [1.29, 1.82) is 0 Å². The number of nitrogens with zero attached hydrogens (tertiary/aromatic N) is 1. The van der Waals surface area contributed by atoms with Crippen molar-refractivity contribution in [3.05, 3.63) is 35.9 Å². The Morgan fingerprint density at radius 1 is 1.44 bits per heavy atom. The molecule has 0 aromatic heterocycles. The summed E-state index contributed by atoms with van der Waals surface area (Å²) in [6, 6.07) is 9.33. The van der Waals surface area contributed by atoms with E-state index in [9.17, 15) is 4.79 Å². The molecule has 1 rings (SSSR count). The van der Waals surface area contributed by atoms with E-state index in [0.29, 0.717) is 18.0 Å². The van der Waals surface area contributed by atoms with E-state index in [2.05, 4.69) is 4.99 Å². The Morgan fingerprint density at radius 3 is 2.67 bits per heavy atom. The van der Waals surface area contributed by atoms with Gasteiger partial charge in [-0.25, -0.2) is 4.79 Å². The Kier molecular flexibility index (Phi) is 6.46. The summed E-state index contributed by atoms with van der Waals surface area (Å²) in [5.74, 6) is 0.190. The van der Waals surface area contributed by atoms with E-state index in [1.807, 2.05) is 36.6 Å². The second-order valence-corrected chi connectivity index (χ2v) is 4.65. The standard InChI is InChI=1S/C13H18N2O2S/c1-17-13(16)12(11(14)9-18-2)15-8-10-6-4-3-5-7-10/h3-7,11H,8-9,14H2,1-2H3. The third-order valence-corrected chi connectivity index (χ3v) is 3.06. The van der Waals surface area contributed by atoms with E-state index < -0.39 is 12.0 Å². The molecule has 0 radical (unpaired) electrons. The molecule has 0 aliphatic rings. The molecule has 0 aliphatic carbocycles. The molecule has 5 heteroatoms. The molecule has 1 unspecified atom stereocenters. The predicted octanol–water partition coefficient (Wildman–Crippen LogP) is 1.49. The number of nitrogens with two attached hydrogens (primary N) is 1. The van der Waals surface area contributed by atoms with Crippen LogP contribution >= 0.6 is 11.8 Å². The minimum absolute atomic E-state index is 0.302. The van der Waals surface area contributed by atoms with Crippen molar-refractivity contribution in [3.8, 4) is 0 Å². The molecular weight excluding hydrogens is 248 g/mol. The highest BCUT2D eigenvalue weighted by Gasteiger charge is 2.19. The summed E-state index contributed by atoms with van der Waals surface area (Å²) >= 11 is 1.57. The fourth-order valence-corrected chi connectivity index (χ4v) is 1.97. The minimum Gasteiger partial charge on any atom is -0.464 e. The third kappa shape index (κ3) is 4.50. The molecule has 4 nitrogen and oxygen atoms in total. The van der Waals surface area contributed by atoms with Gasteiger partial charge in [-0.1, -0.05) is 30.3 Å². The van der Waals surface area contributed by atoms with Gasteiger partial charge in [0.2, 0.25) is 0 Å². The van der Waals surface area contributed by atoms with Gasteiger partial charge in [0.1, 0.15) is 5.71 Å². The van der Waals surface area contributed by atoms with E-state index >= 15 is 0 Å². The second-order valence-electron chi connectivity index (χ2n) is 3.74. The number of rotatable bonds is 6. The lowest BCUT2D eigenvalue weighted by atomic mass is 10.2. The number of carbonyl (C=O) groups excluding carboxylic acids is 1. The van der Waals surface area contributed by atoms with Gasteiger partial charge in [0.15, 0.2) is 0 Å². The topological polar surface area (TPSA) is 64.7 Å². The molecule has 0 saturated carbocycles. The van der Waals surface area contributed by atoms with Gasteiger partial charge in [0, 0.05) is 5.75 Å². The Hall–Kier alpha value is -1.33. The maximum Gasteiger partial charge on any atom is 0.353 e. The molecule has 1 aromatic rings. The third-order valence-electron chi connectivity index (χ3n) is 2.37. The highest BCUT2D eigenvalue weighted by atomic mass is 32.2. The number of methoxy groups -OCH3 is 1. The molecule has 2 N–H and O–H groups in total. The van der Waals surface area contributed by atoms with E-state index in [-0.39, 0.29) is 0 Å². The largest absolute Gasteiger partial charge is 0.464 e. The first kappa shape index (κ1) is 14.7. The lowest BCUT2D eigenvalue weighted by Crippen LogP contribution is -2.39. The smallest absolute Gasteiger partial charge is 0.353 e. The molecule has 1 aromatic carbocycles. The SMILES string of the molecule is COC(=O)C(=NCc1ccccc1)C(N)CSC. The van der Waals surface area contributed by atoms with Gasteiger partial charge in [-0.05, 0) is 11.8 Å². The maximum atomic E-state index is 11.6. The van der Waals surface area contributed by atoms with Crippen LogP contribution in [0.3, 0.4) is 0 Å². The summed E-state index contributed by atoms with van der Waals surface area (Å²) in [5, 5.41) is 0. The summed E-state index contributed by atoms with van der Waals surface area (Å²) < 4.78 is 4.71. The zero-order valence-corrected chi connectivity index (χ0v) is 11.4. The molecule has 0 saturated heterocycles. The molecule has 1 atom stereocenters. The quantitative estimate of drug-likeness (QED) is 0.626. The first-order valence-electron chi connectivity index (χ1n) is 5.60. The minimum atomic E-state index is -0.451. The monoisotopic (exact) mass is 266 g/mol. The van der Waals surface area contributed by atoms with E-state index in [4.69, 9.17) is 10.5 Å². The molecule has 98 valence electrons. The van der Waals surface area contributed by atoms with Gasteiger partial charge in [-0.3, -0.25) is 4.99 Å².